The van der Waals surface area contributed by atoms with Gasteiger partial charge in [-0.1, -0.05) is 0 Å². The lowest BCUT2D eigenvalue weighted by atomic mass is 10.1. The van der Waals surface area contributed by atoms with Crippen molar-refractivity contribution in [2.24, 2.45) is 0 Å². The van der Waals surface area contributed by atoms with E-state index < -0.39 is 5.60 Å². The van der Waals surface area contributed by atoms with Gasteiger partial charge in [0.25, 0.3) is 0 Å². The van der Waals surface area contributed by atoms with Crippen LogP contribution in [-0.2, 0) is 14.3 Å². The van der Waals surface area contributed by atoms with Crippen LogP contribution >= 0.6 is 0 Å². The second-order valence-corrected chi connectivity index (χ2v) is 5.32. The van der Waals surface area contributed by atoms with Crippen molar-refractivity contribution in [2.75, 3.05) is 26.3 Å². The van der Waals surface area contributed by atoms with Crippen molar-refractivity contribution in [2.45, 2.75) is 45.5 Å². The summed E-state index contributed by atoms with van der Waals surface area (Å²) in [6.07, 6.45) is -0.261. The minimum Gasteiger partial charge on any atom is -0.394 e. The molecule has 0 radical (unpaired) electrons. The number of carbonyl (C=O) groups excluding carboxylic acids is 1. The Morgan fingerprint density at radius 1 is 1.59 bits per heavy atom. The number of aliphatic hydroxyl groups is 1. The van der Waals surface area contributed by atoms with Gasteiger partial charge < -0.3 is 19.5 Å². The highest BCUT2D eigenvalue weighted by molar-refractivity contribution is 5.77. The summed E-state index contributed by atoms with van der Waals surface area (Å²) in [5.74, 6) is -0.0477. The zero-order valence-electron chi connectivity index (χ0n) is 11.1. The Balaban J connectivity index is 2.54. The summed E-state index contributed by atoms with van der Waals surface area (Å²) in [7, 11) is 0. The number of morpholine rings is 1. The molecule has 0 aromatic heterocycles. The van der Waals surface area contributed by atoms with Gasteiger partial charge in [-0.3, -0.25) is 4.79 Å². The molecular formula is C12H23NO4. The maximum Gasteiger partial charge on any atom is 0.248 e. The summed E-state index contributed by atoms with van der Waals surface area (Å²) in [4.78, 5) is 13.6. The summed E-state index contributed by atoms with van der Waals surface area (Å²) in [5.41, 5.74) is -0.418. The zero-order valence-corrected chi connectivity index (χ0v) is 11.1. The molecule has 0 saturated carbocycles. The molecule has 1 atom stereocenters. The molecule has 17 heavy (non-hydrogen) atoms. The molecule has 0 spiro atoms. The van der Waals surface area contributed by atoms with E-state index >= 15 is 0 Å². The normalized spacial score (nSPS) is 24.1. The first-order chi connectivity index (χ1) is 7.84. The highest BCUT2D eigenvalue weighted by atomic mass is 16.5. The highest BCUT2D eigenvalue weighted by Gasteiger charge is 2.35. The Hall–Kier alpha value is -0.650. The SMILES string of the molecule is CC(C)OCC(=O)N1CC(CO)OC(C)(C)C1. The maximum absolute atomic E-state index is 11.9. The highest BCUT2D eigenvalue weighted by Crippen LogP contribution is 2.20. The number of hydrogen-bond donors (Lipinski definition) is 1. The molecule has 1 N–H and O–H groups in total. The molecule has 0 aromatic rings. The minimum atomic E-state index is -0.418. The fourth-order valence-electron chi connectivity index (χ4n) is 1.91. The van der Waals surface area contributed by atoms with Crippen LogP contribution in [0, 0.1) is 0 Å². The van der Waals surface area contributed by atoms with E-state index in [0.717, 1.165) is 0 Å². The van der Waals surface area contributed by atoms with Crippen molar-refractivity contribution in [3.63, 3.8) is 0 Å². The Morgan fingerprint density at radius 2 is 2.24 bits per heavy atom. The number of hydrogen-bond acceptors (Lipinski definition) is 4. The molecule has 1 aliphatic heterocycles. The molecule has 5 heteroatoms. The first-order valence-corrected chi connectivity index (χ1v) is 6.02. The van der Waals surface area contributed by atoms with E-state index in [1.807, 2.05) is 27.7 Å². The summed E-state index contributed by atoms with van der Waals surface area (Å²) in [6.45, 7) is 8.60. The van der Waals surface area contributed by atoms with Gasteiger partial charge in [-0.2, -0.15) is 0 Å². The standard InChI is InChI=1S/C12H23NO4/c1-9(2)16-7-11(15)13-5-10(6-14)17-12(3,4)8-13/h9-10,14H,5-8H2,1-4H3. The van der Waals surface area contributed by atoms with Crippen LogP contribution in [-0.4, -0.2) is 60.0 Å². The third kappa shape index (κ3) is 4.61. The molecule has 5 nitrogen and oxygen atoms in total. The van der Waals surface area contributed by atoms with Gasteiger partial charge in [-0.15, -0.1) is 0 Å². The molecule has 0 aromatic carbocycles. The van der Waals surface area contributed by atoms with Crippen LogP contribution in [0.15, 0.2) is 0 Å². The molecule has 1 amide bonds. The predicted octanol–water partition coefficient (Wildman–Crippen LogP) is 0.410. The fraction of sp³-hybridized carbons (Fsp3) is 0.917. The molecule has 0 aliphatic carbocycles. The van der Waals surface area contributed by atoms with E-state index in [1.165, 1.54) is 0 Å². The first-order valence-electron chi connectivity index (χ1n) is 6.02. The second-order valence-electron chi connectivity index (χ2n) is 5.32. The van der Waals surface area contributed by atoms with E-state index in [0.29, 0.717) is 13.1 Å². The number of ether oxygens (including phenoxy) is 2. The fourth-order valence-corrected chi connectivity index (χ4v) is 1.91. The number of nitrogens with zero attached hydrogens (tertiary/aromatic N) is 1. The molecule has 1 saturated heterocycles. The molecule has 0 bridgehead atoms. The lowest BCUT2D eigenvalue weighted by molar-refractivity contribution is -0.170. The molecule has 1 aliphatic rings. The van der Waals surface area contributed by atoms with Crippen LogP contribution in [0.1, 0.15) is 27.7 Å². The van der Waals surface area contributed by atoms with Crippen LogP contribution in [0.3, 0.4) is 0 Å². The monoisotopic (exact) mass is 245 g/mol. The van der Waals surface area contributed by atoms with Gasteiger partial charge in [0.15, 0.2) is 0 Å². The number of aliphatic hydroxyl groups excluding tert-OH is 1. The van der Waals surface area contributed by atoms with Gasteiger partial charge in [-0.25, -0.2) is 0 Å². The summed E-state index contributed by atoms with van der Waals surface area (Å²) >= 11 is 0. The Labute approximate surface area is 103 Å². The number of rotatable bonds is 4. The molecule has 1 unspecified atom stereocenters. The van der Waals surface area contributed by atoms with Crippen LogP contribution in [0.5, 0.6) is 0 Å². The molecule has 1 rings (SSSR count). The summed E-state index contributed by atoms with van der Waals surface area (Å²) < 4.78 is 10.9. The van der Waals surface area contributed by atoms with Crippen molar-refractivity contribution >= 4 is 5.91 Å². The zero-order chi connectivity index (χ0) is 13.1. The Bertz CT molecular complexity index is 265. The van der Waals surface area contributed by atoms with Crippen LogP contribution in [0.25, 0.3) is 0 Å². The maximum atomic E-state index is 11.9. The van der Waals surface area contributed by atoms with Crippen molar-refractivity contribution in [3.8, 4) is 0 Å². The Kier molecular flexibility index (Phi) is 4.91. The molecule has 100 valence electrons. The molecule has 1 heterocycles. The van der Waals surface area contributed by atoms with Crippen molar-refractivity contribution in [1.29, 1.82) is 0 Å². The number of carbonyl (C=O) groups is 1. The quantitative estimate of drug-likeness (QED) is 0.779. The van der Waals surface area contributed by atoms with Crippen LogP contribution < -0.4 is 0 Å². The van der Waals surface area contributed by atoms with E-state index in [1.54, 1.807) is 4.90 Å². The van der Waals surface area contributed by atoms with Gasteiger partial charge in [-0.05, 0) is 27.7 Å². The van der Waals surface area contributed by atoms with E-state index in [2.05, 4.69) is 0 Å². The van der Waals surface area contributed by atoms with Crippen LogP contribution in [0.4, 0.5) is 0 Å². The lowest BCUT2D eigenvalue weighted by Crippen LogP contribution is -2.56. The average Bonchev–Trinajstić information content (AvgIpc) is 2.23. The second kappa shape index (κ2) is 5.80. The smallest absolute Gasteiger partial charge is 0.248 e. The van der Waals surface area contributed by atoms with Crippen molar-refractivity contribution in [1.82, 2.24) is 4.90 Å². The van der Waals surface area contributed by atoms with Crippen molar-refractivity contribution < 1.29 is 19.4 Å². The lowest BCUT2D eigenvalue weighted by Gasteiger charge is -2.42. The summed E-state index contributed by atoms with van der Waals surface area (Å²) in [6, 6.07) is 0. The largest absolute Gasteiger partial charge is 0.394 e. The van der Waals surface area contributed by atoms with Gasteiger partial charge in [0.2, 0.25) is 5.91 Å². The van der Waals surface area contributed by atoms with Gasteiger partial charge in [0, 0.05) is 13.1 Å². The van der Waals surface area contributed by atoms with E-state index in [-0.39, 0.29) is 31.3 Å². The van der Waals surface area contributed by atoms with Gasteiger partial charge in [0.1, 0.15) is 6.61 Å². The van der Waals surface area contributed by atoms with E-state index in [4.69, 9.17) is 14.6 Å². The van der Waals surface area contributed by atoms with Gasteiger partial charge >= 0.3 is 0 Å². The average molecular weight is 245 g/mol. The topological polar surface area (TPSA) is 59.0 Å². The van der Waals surface area contributed by atoms with E-state index in [9.17, 15) is 4.79 Å². The first kappa shape index (κ1) is 14.4. The molecular weight excluding hydrogens is 222 g/mol. The van der Waals surface area contributed by atoms with Crippen molar-refractivity contribution in [3.05, 3.63) is 0 Å². The predicted molar refractivity (Wildman–Crippen MR) is 63.7 cm³/mol. The number of amides is 1. The third-order valence-electron chi connectivity index (χ3n) is 2.58. The minimum absolute atomic E-state index is 0.0432. The third-order valence-corrected chi connectivity index (χ3v) is 2.58. The summed E-state index contributed by atoms with van der Waals surface area (Å²) in [5, 5.41) is 9.15. The van der Waals surface area contributed by atoms with Gasteiger partial charge in [0.05, 0.1) is 24.4 Å². The van der Waals surface area contributed by atoms with Crippen LogP contribution in [0.2, 0.25) is 0 Å². The Morgan fingerprint density at radius 3 is 2.76 bits per heavy atom. The molecule has 1 fully saturated rings.